The number of rotatable bonds is 7. The van der Waals surface area contributed by atoms with Crippen LogP contribution in [-0.4, -0.2) is 45.5 Å². The lowest BCUT2D eigenvalue weighted by atomic mass is 9.94. The summed E-state index contributed by atoms with van der Waals surface area (Å²) in [5.41, 5.74) is 0. The van der Waals surface area contributed by atoms with Crippen molar-refractivity contribution in [1.82, 2.24) is 4.90 Å². The van der Waals surface area contributed by atoms with Gasteiger partial charge >= 0.3 is 5.97 Å². The number of amides is 1. The van der Waals surface area contributed by atoms with Gasteiger partial charge in [0.05, 0.1) is 12.2 Å². The Bertz CT molecular complexity index is 303. The monoisotopic (exact) mass is 287 g/mol. The molecule has 0 aromatic carbocycles. The molecule has 1 atom stereocenters. The van der Waals surface area contributed by atoms with Crippen molar-refractivity contribution >= 4 is 23.6 Å². The van der Waals surface area contributed by atoms with Gasteiger partial charge in [0.1, 0.15) is 0 Å². The lowest BCUT2D eigenvalue weighted by Crippen LogP contribution is -2.42. The van der Waals surface area contributed by atoms with Crippen molar-refractivity contribution in [2.45, 2.75) is 63.7 Å². The average Bonchev–Trinajstić information content (AvgIpc) is 2.38. The minimum absolute atomic E-state index is 0.00786. The highest BCUT2D eigenvalue weighted by atomic mass is 32.2. The normalized spacial score (nSPS) is 18.0. The molecule has 1 amide bonds. The molecule has 1 aliphatic rings. The second-order valence-electron chi connectivity index (χ2n) is 5.19. The van der Waals surface area contributed by atoms with Gasteiger partial charge in [-0.2, -0.15) is 0 Å². The number of carbonyl (C=O) groups is 2. The molecule has 1 fully saturated rings. The third-order valence-corrected chi connectivity index (χ3v) is 4.78. The zero-order chi connectivity index (χ0) is 14.3. The maximum absolute atomic E-state index is 12.2. The maximum atomic E-state index is 12.2. The number of hydrogen-bond donors (Lipinski definition) is 1. The van der Waals surface area contributed by atoms with E-state index in [0.29, 0.717) is 11.8 Å². The van der Waals surface area contributed by atoms with Crippen LogP contribution in [0.15, 0.2) is 0 Å². The first kappa shape index (κ1) is 16.3. The number of carboxylic acid groups (broad SMARTS) is 1. The Kier molecular flexibility index (Phi) is 7.28. The predicted molar refractivity (Wildman–Crippen MR) is 78.4 cm³/mol. The number of carboxylic acids is 1. The molecule has 0 aromatic heterocycles. The molecule has 5 heteroatoms. The summed E-state index contributed by atoms with van der Waals surface area (Å²) < 4.78 is 0. The lowest BCUT2D eigenvalue weighted by molar-refractivity contribution is -0.137. The van der Waals surface area contributed by atoms with Gasteiger partial charge in [0.2, 0.25) is 5.91 Å². The summed E-state index contributed by atoms with van der Waals surface area (Å²) in [4.78, 5) is 24.8. The number of carbonyl (C=O) groups excluding carboxylic acids is 1. The predicted octanol–water partition coefficient (Wildman–Crippen LogP) is 2.76. The molecule has 1 N–H and O–H groups in total. The summed E-state index contributed by atoms with van der Waals surface area (Å²) in [7, 11) is 0. The van der Waals surface area contributed by atoms with Crippen LogP contribution >= 0.6 is 11.8 Å². The van der Waals surface area contributed by atoms with Gasteiger partial charge in [0.25, 0.3) is 0 Å². The van der Waals surface area contributed by atoms with E-state index in [1.165, 1.54) is 31.0 Å². The lowest BCUT2D eigenvalue weighted by Gasteiger charge is -2.33. The zero-order valence-corrected chi connectivity index (χ0v) is 12.7. The molecular formula is C14H25NO3S. The van der Waals surface area contributed by atoms with Gasteiger partial charge in [-0.3, -0.25) is 9.59 Å². The second-order valence-corrected chi connectivity index (χ2v) is 6.62. The summed E-state index contributed by atoms with van der Waals surface area (Å²) in [6.45, 7) is 4.65. The Morgan fingerprint density at radius 3 is 2.47 bits per heavy atom. The third kappa shape index (κ3) is 5.85. The van der Waals surface area contributed by atoms with E-state index in [9.17, 15) is 9.59 Å². The first-order valence-electron chi connectivity index (χ1n) is 7.17. The first-order chi connectivity index (χ1) is 9.04. The molecule has 0 aliphatic heterocycles. The zero-order valence-electron chi connectivity index (χ0n) is 11.9. The van der Waals surface area contributed by atoms with E-state index in [1.54, 1.807) is 0 Å². The number of hydrogen-bond acceptors (Lipinski definition) is 3. The molecule has 1 saturated carbocycles. The summed E-state index contributed by atoms with van der Waals surface area (Å²) in [5, 5.41) is 8.69. The van der Waals surface area contributed by atoms with Crippen LogP contribution in [0.25, 0.3) is 0 Å². The van der Waals surface area contributed by atoms with E-state index < -0.39 is 5.97 Å². The topological polar surface area (TPSA) is 57.6 Å². The van der Waals surface area contributed by atoms with Gasteiger partial charge < -0.3 is 10.0 Å². The van der Waals surface area contributed by atoms with E-state index in [4.69, 9.17) is 5.11 Å². The highest BCUT2D eigenvalue weighted by Crippen LogP contribution is 2.24. The highest BCUT2D eigenvalue weighted by molar-refractivity contribution is 8.00. The van der Waals surface area contributed by atoms with Crippen molar-refractivity contribution in [2.24, 2.45) is 0 Å². The molecule has 1 unspecified atom stereocenters. The van der Waals surface area contributed by atoms with Crippen molar-refractivity contribution in [3.05, 3.63) is 0 Å². The minimum Gasteiger partial charge on any atom is -0.481 e. The van der Waals surface area contributed by atoms with Gasteiger partial charge in [-0.05, 0) is 19.8 Å². The van der Waals surface area contributed by atoms with Crippen molar-refractivity contribution < 1.29 is 14.7 Å². The minimum atomic E-state index is -0.799. The van der Waals surface area contributed by atoms with E-state index >= 15 is 0 Å². The number of nitrogens with zero attached hydrogens (tertiary/aromatic N) is 1. The summed E-state index contributed by atoms with van der Waals surface area (Å²) >= 11 is 1.45. The molecule has 0 spiro atoms. The molecular weight excluding hydrogens is 262 g/mol. The number of aliphatic carboxylic acids is 1. The fourth-order valence-electron chi connectivity index (χ4n) is 2.63. The van der Waals surface area contributed by atoms with Crippen LogP contribution in [0, 0.1) is 0 Å². The van der Waals surface area contributed by atoms with Gasteiger partial charge in [-0.1, -0.05) is 26.2 Å². The standard InChI is InChI=1S/C14H25NO3S/c1-3-15(12-7-5-4-6-8-12)13(16)10-19-11(2)9-14(17)18/h11-12H,3-10H2,1-2H3,(H,17,18). The molecule has 0 heterocycles. The van der Waals surface area contributed by atoms with E-state index in [0.717, 1.165) is 19.4 Å². The molecule has 0 aromatic rings. The van der Waals surface area contributed by atoms with Crippen LogP contribution in [-0.2, 0) is 9.59 Å². The third-order valence-electron chi connectivity index (χ3n) is 3.63. The fraction of sp³-hybridized carbons (Fsp3) is 0.857. The van der Waals surface area contributed by atoms with Gasteiger partial charge in [-0.25, -0.2) is 0 Å². The van der Waals surface area contributed by atoms with E-state index in [2.05, 4.69) is 0 Å². The molecule has 0 saturated heterocycles. The first-order valence-corrected chi connectivity index (χ1v) is 8.22. The quantitative estimate of drug-likeness (QED) is 0.782. The van der Waals surface area contributed by atoms with Crippen molar-refractivity contribution in [1.29, 1.82) is 0 Å². The SMILES string of the molecule is CCN(C(=O)CSC(C)CC(=O)O)C1CCCCC1. The van der Waals surface area contributed by atoms with Gasteiger partial charge in [-0.15, -0.1) is 11.8 Å². The molecule has 1 rings (SSSR count). The maximum Gasteiger partial charge on any atom is 0.304 e. The molecule has 4 nitrogen and oxygen atoms in total. The molecule has 19 heavy (non-hydrogen) atoms. The van der Waals surface area contributed by atoms with Gasteiger partial charge in [0.15, 0.2) is 0 Å². The Labute approximate surface area is 119 Å². The van der Waals surface area contributed by atoms with Gasteiger partial charge in [0, 0.05) is 17.8 Å². The van der Waals surface area contributed by atoms with Crippen LogP contribution in [0.2, 0.25) is 0 Å². The number of thioether (sulfide) groups is 1. The second kappa shape index (κ2) is 8.46. The summed E-state index contributed by atoms with van der Waals surface area (Å²) in [6, 6.07) is 0.404. The van der Waals surface area contributed by atoms with Crippen LogP contribution in [0.4, 0.5) is 0 Å². The molecule has 0 bridgehead atoms. The van der Waals surface area contributed by atoms with Crippen molar-refractivity contribution in [2.75, 3.05) is 12.3 Å². The van der Waals surface area contributed by atoms with Crippen LogP contribution in [0.5, 0.6) is 0 Å². The summed E-state index contributed by atoms with van der Waals surface area (Å²) in [5.74, 6) is -0.234. The Morgan fingerprint density at radius 2 is 1.95 bits per heavy atom. The van der Waals surface area contributed by atoms with Crippen molar-refractivity contribution in [3.8, 4) is 0 Å². The smallest absolute Gasteiger partial charge is 0.304 e. The van der Waals surface area contributed by atoms with E-state index in [-0.39, 0.29) is 17.6 Å². The largest absolute Gasteiger partial charge is 0.481 e. The average molecular weight is 287 g/mol. The Hall–Kier alpha value is -0.710. The van der Waals surface area contributed by atoms with Crippen molar-refractivity contribution in [3.63, 3.8) is 0 Å². The van der Waals surface area contributed by atoms with Crippen LogP contribution < -0.4 is 0 Å². The fourth-order valence-corrected chi connectivity index (χ4v) is 3.49. The van der Waals surface area contributed by atoms with E-state index in [1.807, 2.05) is 18.7 Å². The highest BCUT2D eigenvalue weighted by Gasteiger charge is 2.24. The molecule has 0 radical (unpaired) electrons. The Morgan fingerprint density at radius 1 is 1.32 bits per heavy atom. The molecule has 110 valence electrons. The molecule has 1 aliphatic carbocycles. The van der Waals surface area contributed by atoms with Crippen LogP contribution in [0.3, 0.4) is 0 Å². The summed E-state index contributed by atoms with van der Waals surface area (Å²) in [6.07, 6.45) is 6.08. The Balaban J connectivity index is 2.38. The van der Waals surface area contributed by atoms with Crippen LogP contribution in [0.1, 0.15) is 52.4 Å².